The van der Waals surface area contributed by atoms with E-state index in [1.54, 1.807) is 0 Å². The van der Waals surface area contributed by atoms with Gasteiger partial charge < -0.3 is 10.5 Å². The average Bonchev–Trinajstić information content (AvgIpc) is 2.41. The summed E-state index contributed by atoms with van der Waals surface area (Å²) in [6.45, 7) is 0. The fourth-order valence-corrected chi connectivity index (χ4v) is 1.31. The van der Waals surface area contributed by atoms with E-state index < -0.39 is 4.92 Å². The molecule has 0 saturated carbocycles. The molecule has 2 rings (SSSR count). The van der Waals surface area contributed by atoms with E-state index in [0.29, 0.717) is 0 Å². The van der Waals surface area contributed by atoms with Crippen LogP contribution < -0.4 is 10.5 Å². The van der Waals surface area contributed by atoms with Crippen LogP contribution in [0, 0.1) is 21.4 Å². The molecule has 0 fully saturated rings. The first-order valence-electron chi connectivity index (χ1n) is 5.06. The normalized spacial score (nSPS) is 9.63. The lowest BCUT2D eigenvalue weighted by Gasteiger charge is -2.04. The Bertz CT molecular complexity index is 663. The van der Waals surface area contributed by atoms with Gasteiger partial charge in [-0.3, -0.25) is 10.1 Å². The minimum absolute atomic E-state index is 0.0249. The van der Waals surface area contributed by atoms with Crippen molar-refractivity contribution < 1.29 is 9.66 Å². The fourth-order valence-electron chi connectivity index (χ4n) is 1.31. The van der Waals surface area contributed by atoms with E-state index in [1.807, 2.05) is 6.07 Å². The predicted molar refractivity (Wildman–Crippen MR) is 64.3 cm³/mol. The van der Waals surface area contributed by atoms with Gasteiger partial charge >= 0.3 is 5.69 Å². The highest BCUT2D eigenvalue weighted by molar-refractivity contribution is 5.52. The highest BCUT2D eigenvalue weighted by Gasteiger charge is 2.17. The summed E-state index contributed by atoms with van der Waals surface area (Å²) in [6, 6.07) is 8.57. The molecule has 0 aliphatic carbocycles. The molecule has 94 valence electrons. The number of nitriles is 1. The van der Waals surface area contributed by atoms with Gasteiger partial charge in [0.25, 0.3) is 0 Å². The highest BCUT2D eigenvalue weighted by atomic mass is 16.6. The number of nitrogens with two attached hydrogens (primary N) is 1. The minimum atomic E-state index is -0.638. The minimum Gasteiger partial charge on any atom is -0.430 e. The van der Waals surface area contributed by atoms with E-state index in [-0.39, 0.29) is 28.7 Å². The molecule has 0 aliphatic rings. The molecule has 0 radical (unpaired) electrons. The van der Waals surface area contributed by atoms with E-state index in [0.717, 1.165) is 6.07 Å². The van der Waals surface area contributed by atoms with Crippen LogP contribution in [0.2, 0.25) is 0 Å². The lowest BCUT2D eigenvalue weighted by molar-refractivity contribution is -0.385. The van der Waals surface area contributed by atoms with Gasteiger partial charge in [-0.1, -0.05) is 0 Å². The molecule has 0 amide bonds. The fraction of sp³-hybridized carbons (Fsp3) is 0. The summed E-state index contributed by atoms with van der Waals surface area (Å²) in [4.78, 5) is 10.3. The molecule has 19 heavy (non-hydrogen) atoms. The molecule has 2 N–H and O–H groups in total. The topological polar surface area (TPSA) is 128 Å². The van der Waals surface area contributed by atoms with Crippen LogP contribution in [-0.2, 0) is 0 Å². The van der Waals surface area contributed by atoms with Crippen LogP contribution in [0.4, 0.5) is 11.5 Å². The van der Waals surface area contributed by atoms with Gasteiger partial charge in [0.05, 0.1) is 16.6 Å². The van der Waals surface area contributed by atoms with Gasteiger partial charge in [-0.25, -0.2) is 0 Å². The Hall–Kier alpha value is -3.21. The zero-order valence-electron chi connectivity index (χ0n) is 9.48. The molecule has 1 heterocycles. The molecule has 0 atom stereocenters. The molecular weight excluding hydrogens is 250 g/mol. The zero-order chi connectivity index (χ0) is 13.8. The number of aromatic nitrogens is 2. The van der Waals surface area contributed by atoms with E-state index in [4.69, 9.17) is 15.7 Å². The molecule has 8 heteroatoms. The van der Waals surface area contributed by atoms with Crippen LogP contribution in [-0.4, -0.2) is 15.1 Å². The standard InChI is InChI=1S/C11H7N5O3/c12-6-7-1-2-9(8(5-7)16(17)18)19-11-4-3-10(13)14-15-11/h1-5H,(H2,13,14). The number of nitrogens with zero attached hydrogens (tertiary/aromatic N) is 4. The van der Waals surface area contributed by atoms with Crippen molar-refractivity contribution in [3.63, 3.8) is 0 Å². The monoisotopic (exact) mass is 257 g/mol. The first-order chi connectivity index (χ1) is 9.10. The Kier molecular flexibility index (Phi) is 3.20. The number of benzene rings is 1. The van der Waals surface area contributed by atoms with Crippen molar-refractivity contribution >= 4 is 11.5 Å². The van der Waals surface area contributed by atoms with Crippen molar-refractivity contribution in [2.45, 2.75) is 0 Å². The number of nitrogen functional groups attached to an aromatic ring is 1. The number of ether oxygens (including phenoxy) is 1. The van der Waals surface area contributed by atoms with Gasteiger partial charge in [0, 0.05) is 12.1 Å². The quantitative estimate of drug-likeness (QED) is 0.653. The van der Waals surface area contributed by atoms with E-state index in [2.05, 4.69) is 10.2 Å². The van der Waals surface area contributed by atoms with Crippen LogP contribution in [0.1, 0.15) is 5.56 Å². The first-order valence-corrected chi connectivity index (χ1v) is 5.06. The van der Waals surface area contributed by atoms with Crippen LogP contribution in [0.3, 0.4) is 0 Å². The lowest BCUT2D eigenvalue weighted by Crippen LogP contribution is -1.97. The third-order valence-corrected chi connectivity index (χ3v) is 2.16. The molecule has 0 unspecified atom stereocenters. The number of hydrogen-bond acceptors (Lipinski definition) is 7. The molecule has 1 aromatic heterocycles. The van der Waals surface area contributed by atoms with Crippen molar-refractivity contribution in [1.29, 1.82) is 5.26 Å². The van der Waals surface area contributed by atoms with Gasteiger partial charge in [0.1, 0.15) is 5.82 Å². The van der Waals surface area contributed by atoms with Gasteiger partial charge in [-0.2, -0.15) is 5.26 Å². The van der Waals surface area contributed by atoms with E-state index in [9.17, 15) is 10.1 Å². The summed E-state index contributed by atoms with van der Waals surface area (Å²) in [7, 11) is 0. The Labute approximate surface area is 107 Å². The number of nitro benzene ring substituents is 1. The molecular formula is C11H7N5O3. The van der Waals surface area contributed by atoms with Crippen LogP contribution in [0.15, 0.2) is 30.3 Å². The number of anilines is 1. The summed E-state index contributed by atoms with van der Waals surface area (Å²) >= 11 is 0. The Morgan fingerprint density at radius 3 is 2.68 bits per heavy atom. The van der Waals surface area contributed by atoms with Gasteiger partial charge in [-0.15, -0.1) is 10.2 Å². The summed E-state index contributed by atoms with van der Waals surface area (Å²) in [6.07, 6.45) is 0. The van der Waals surface area contributed by atoms with E-state index >= 15 is 0 Å². The van der Waals surface area contributed by atoms with Crippen LogP contribution in [0.5, 0.6) is 11.6 Å². The molecule has 2 aromatic rings. The summed E-state index contributed by atoms with van der Waals surface area (Å²) in [5, 5.41) is 26.8. The second kappa shape index (κ2) is 4.97. The second-order valence-corrected chi connectivity index (χ2v) is 3.45. The third-order valence-electron chi connectivity index (χ3n) is 2.16. The average molecular weight is 257 g/mol. The predicted octanol–water partition coefficient (Wildman–Crippen LogP) is 1.63. The summed E-state index contributed by atoms with van der Waals surface area (Å²) in [5.74, 6) is 0.256. The van der Waals surface area contributed by atoms with Crippen LogP contribution >= 0.6 is 0 Å². The Morgan fingerprint density at radius 2 is 2.11 bits per heavy atom. The molecule has 0 saturated heterocycles. The van der Waals surface area contributed by atoms with Gasteiger partial charge in [0.2, 0.25) is 11.6 Å². The van der Waals surface area contributed by atoms with Crippen molar-refractivity contribution in [3.05, 3.63) is 46.0 Å². The number of hydrogen-bond donors (Lipinski definition) is 1. The van der Waals surface area contributed by atoms with Gasteiger partial charge in [-0.05, 0) is 18.2 Å². The SMILES string of the molecule is N#Cc1ccc(Oc2ccc(N)nn2)c([N+](=O)[O-])c1. The number of rotatable bonds is 3. The molecule has 0 spiro atoms. The highest BCUT2D eigenvalue weighted by Crippen LogP contribution is 2.31. The molecule has 0 bridgehead atoms. The Morgan fingerprint density at radius 1 is 1.32 bits per heavy atom. The summed E-state index contributed by atoms with van der Waals surface area (Å²) in [5.41, 5.74) is 5.21. The van der Waals surface area contributed by atoms with Crippen molar-refractivity contribution in [3.8, 4) is 17.7 Å². The smallest absolute Gasteiger partial charge is 0.312 e. The van der Waals surface area contributed by atoms with Crippen molar-refractivity contribution in [2.75, 3.05) is 5.73 Å². The molecule has 1 aromatic carbocycles. The number of nitro groups is 1. The van der Waals surface area contributed by atoms with Gasteiger partial charge in [0.15, 0.2) is 0 Å². The second-order valence-electron chi connectivity index (χ2n) is 3.45. The molecule has 0 aliphatic heterocycles. The maximum Gasteiger partial charge on any atom is 0.312 e. The largest absolute Gasteiger partial charge is 0.430 e. The van der Waals surface area contributed by atoms with Crippen LogP contribution in [0.25, 0.3) is 0 Å². The third kappa shape index (κ3) is 2.73. The maximum atomic E-state index is 10.9. The zero-order valence-corrected chi connectivity index (χ0v) is 9.48. The van der Waals surface area contributed by atoms with Crippen molar-refractivity contribution in [1.82, 2.24) is 10.2 Å². The first kappa shape index (κ1) is 12.3. The summed E-state index contributed by atoms with van der Waals surface area (Å²) < 4.78 is 5.25. The van der Waals surface area contributed by atoms with Crippen molar-refractivity contribution in [2.24, 2.45) is 0 Å². The molecule has 8 nitrogen and oxygen atoms in total. The maximum absolute atomic E-state index is 10.9. The Balaban J connectivity index is 2.37. The lowest BCUT2D eigenvalue weighted by atomic mass is 10.2. The van der Waals surface area contributed by atoms with E-state index in [1.165, 1.54) is 24.3 Å².